The number of hydrogen-bond acceptors (Lipinski definition) is 2. The Balaban J connectivity index is 0.000000545. The van der Waals surface area contributed by atoms with Crippen LogP contribution in [0.3, 0.4) is 0 Å². The summed E-state index contributed by atoms with van der Waals surface area (Å²) in [5.41, 5.74) is 2.48. The zero-order valence-corrected chi connectivity index (χ0v) is 13.8. The number of piperidine rings is 1. The topological polar surface area (TPSA) is 36.1 Å². The number of hydrogen-bond donors (Lipinski definition) is 1. The minimum atomic E-state index is -0.176. The monoisotopic (exact) mass is 304 g/mol. The highest BCUT2D eigenvalue weighted by molar-refractivity contribution is 5.83. The quantitative estimate of drug-likeness (QED) is 0.805. The maximum absolute atomic E-state index is 13.2. The van der Waals surface area contributed by atoms with E-state index in [-0.39, 0.29) is 11.4 Å². The van der Waals surface area contributed by atoms with Gasteiger partial charge in [0, 0.05) is 22.6 Å². The molecule has 1 atom stereocenters. The van der Waals surface area contributed by atoms with Gasteiger partial charge in [0.15, 0.2) is 0 Å². The Kier molecular flexibility index (Phi) is 5.01. The minimum Gasteiger partial charge on any atom is -0.361 e. The van der Waals surface area contributed by atoms with Crippen LogP contribution in [0.2, 0.25) is 0 Å². The van der Waals surface area contributed by atoms with Gasteiger partial charge >= 0.3 is 0 Å². The van der Waals surface area contributed by atoms with E-state index < -0.39 is 0 Å². The number of aromatic nitrogens is 1. The van der Waals surface area contributed by atoms with Crippen molar-refractivity contribution in [3.63, 3.8) is 0 Å². The predicted octanol–water partition coefficient (Wildman–Crippen LogP) is 4.10. The van der Waals surface area contributed by atoms with Gasteiger partial charge in [-0.2, -0.15) is 0 Å². The van der Waals surface area contributed by atoms with E-state index in [0.717, 1.165) is 24.8 Å². The van der Waals surface area contributed by atoms with Crippen molar-refractivity contribution in [3.05, 3.63) is 35.8 Å². The molecule has 1 saturated heterocycles. The molecule has 0 radical (unpaired) electrons. The molecule has 1 fully saturated rings. The zero-order chi connectivity index (χ0) is 16.3. The van der Waals surface area contributed by atoms with Crippen LogP contribution in [0, 0.1) is 5.82 Å². The van der Waals surface area contributed by atoms with Crippen molar-refractivity contribution in [2.45, 2.75) is 45.1 Å². The Morgan fingerprint density at radius 1 is 1.41 bits per heavy atom. The molecule has 0 amide bonds. The molecular weight excluding hydrogens is 279 g/mol. The van der Waals surface area contributed by atoms with Gasteiger partial charge in [-0.05, 0) is 76.9 Å². The molecule has 22 heavy (non-hydrogen) atoms. The Hall–Kier alpha value is -1.68. The van der Waals surface area contributed by atoms with Crippen molar-refractivity contribution in [3.8, 4) is 0 Å². The van der Waals surface area contributed by atoms with Crippen LogP contribution in [-0.2, 0) is 4.79 Å². The van der Waals surface area contributed by atoms with E-state index in [4.69, 9.17) is 4.79 Å². The van der Waals surface area contributed by atoms with Crippen molar-refractivity contribution in [1.29, 1.82) is 0 Å². The van der Waals surface area contributed by atoms with Gasteiger partial charge in [0.25, 0.3) is 0 Å². The number of H-pyrrole nitrogens is 1. The fraction of sp³-hybridized carbons (Fsp3) is 0.500. The van der Waals surface area contributed by atoms with Crippen LogP contribution in [0.1, 0.15) is 45.1 Å². The van der Waals surface area contributed by atoms with Gasteiger partial charge in [-0.3, -0.25) is 0 Å². The summed E-state index contributed by atoms with van der Waals surface area (Å²) in [4.78, 5) is 14.4. The molecule has 1 N–H and O–H groups in total. The number of aldehydes is 1. The number of halogens is 1. The number of likely N-dealkylation sites (tertiary alicyclic amines) is 1. The highest BCUT2D eigenvalue weighted by Crippen LogP contribution is 2.39. The smallest absolute Gasteiger partial charge is 0.125 e. The van der Waals surface area contributed by atoms with Crippen LogP contribution in [0.25, 0.3) is 10.9 Å². The molecule has 0 aliphatic carbocycles. The molecule has 4 heteroatoms. The van der Waals surface area contributed by atoms with E-state index in [2.05, 4.69) is 37.0 Å². The molecule has 120 valence electrons. The first-order chi connectivity index (χ1) is 10.4. The highest BCUT2D eigenvalue weighted by Gasteiger charge is 2.33. The fourth-order valence-corrected chi connectivity index (χ4v) is 3.24. The molecule has 1 aromatic carbocycles. The summed E-state index contributed by atoms with van der Waals surface area (Å²) in [7, 11) is 2.20. The maximum Gasteiger partial charge on any atom is 0.125 e. The molecule has 0 spiro atoms. The van der Waals surface area contributed by atoms with Crippen molar-refractivity contribution < 1.29 is 9.18 Å². The van der Waals surface area contributed by atoms with Crippen molar-refractivity contribution in [2.75, 3.05) is 13.6 Å². The second-order valence-electron chi connectivity index (χ2n) is 6.59. The average Bonchev–Trinajstić information content (AvgIpc) is 2.85. The summed E-state index contributed by atoms with van der Waals surface area (Å²) < 4.78 is 13.2. The van der Waals surface area contributed by atoms with Gasteiger partial charge in [0.2, 0.25) is 0 Å². The lowest BCUT2D eigenvalue weighted by Crippen LogP contribution is -2.46. The second kappa shape index (κ2) is 6.61. The van der Waals surface area contributed by atoms with E-state index in [1.807, 2.05) is 6.07 Å². The molecule has 1 aromatic heterocycles. The second-order valence-corrected chi connectivity index (χ2v) is 6.59. The number of rotatable bonds is 1. The van der Waals surface area contributed by atoms with E-state index in [1.54, 1.807) is 12.1 Å². The summed E-state index contributed by atoms with van der Waals surface area (Å²) in [6, 6.07) is 5.04. The molecule has 2 aromatic rings. The molecule has 3 nitrogen and oxygen atoms in total. The Morgan fingerprint density at radius 2 is 2.09 bits per heavy atom. The number of nitrogens with zero attached hydrogens (tertiary/aromatic N) is 1. The Morgan fingerprint density at radius 3 is 2.73 bits per heavy atom. The van der Waals surface area contributed by atoms with Gasteiger partial charge in [0.1, 0.15) is 12.1 Å². The largest absolute Gasteiger partial charge is 0.361 e. The molecule has 2 heterocycles. The Labute approximate surface area is 131 Å². The van der Waals surface area contributed by atoms with Gasteiger partial charge in [0.05, 0.1) is 0 Å². The van der Waals surface area contributed by atoms with Crippen molar-refractivity contribution >= 4 is 17.2 Å². The fourth-order valence-electron chi connectivity index (χ4n) is 3.24. The normalized spacial score (nSPS) is 21.2. The number of carbonyl (C=O) groups excluding carboxylic acids is 1. The highest BCUT2D eigenvalue weighted by atomic mass is 19.1. The lowest BCUT2D eigenvalue weighted by Gasteiger charge is -2.43. The van der Waals surface area contributed by atoms with E-state index in [1.165, 1.54) is 24.3 Å². The number of nitrogens with one attached hydrogen (secondary N) is 1. The van der Waals surface area contributed by atoms with Crippen LogP contribution in [-0.4, -0.2) is 35.3 Å². The SMILES string of the molecule is CC=O.CN1CCC(c2c[nH]c3cc(F)ccc23)CC1(C)C. The number of benzene rings is 1. The van der Waals surface area contributed by atoms with Crippen LogP contribution >= 0.6 is 0 Å². The lowest BCUT2D eigenvalue weighted by atomic mass is 9.79. The minimum absolute atomic E-state index is 0.176. The summed E-state index contributed by atoms with van der Waals surface area (Å²) >= 11 is 0. The molecule has 1 unspecified atom stereocenters. The average molecular weight is 304 g/mol. The van der Waals surface area contributed by atoms with E-state index in [9.17, 15) is 4.39 Å². The first-order valence-corrected chi connectivity index (χ1v) is 7.76. The van der Waals surface area contributed by atoms with Crippen LogP contribution in [0.5, 0.6) is 0 Å². The van der Waals surface area contributed by atoms with Crippen LogP contribution < -0.4 is 0 Å². The summed E-state index contributed by atoms with van der Waals surface area (Å²) in [5.74, 6) is 0.384. The van der Waals surface area contributed by atoms with Crippen LogP contribution in [0.4, 0.5) is 4.39 Å². The molecule has 0 bridgehead atoms. The predicted molar refractivity (Wildman–Crippen MR) is 88.7 cm³/mol. The number of aromatic amines is 1. The molecule has 1 aliphatic heterocycles. The summed E-state index contributed by atoms with van der Waals surface area (Å²) in [5, 5.41) is 1.17. The molecule has 1 aliphatic rings. The first kappa shape index (κ1) is 16.7. The van der Waals surface area contributed by atoms with E-state index >= 15 is 0 Å². The summed E-state index contributed by atoms with van der Waals surface area (Å²) in [6.45, 7) is 7.16. The summed E-state index contributed by atoms with van der Waals surface area (Å²) in [6.07, 6.45) is 5.13. The first-order valence-electron chi connectivity index (χ1n) is 7.76. The Bertz CT molecular complexity index is 648. The van der Waals surface area contributed by atoms with Crippen molar-refractivity contribution in [2.24, 2.45) is 0 Å². The molecule has 0 saturated carbocycles. The van der Waals surface area contributed by atoms with Gasteiger partial charge in [-0.15, -0.1) is 0 Å². The third kappa shape index (κ3) is 3.38. The van der Waals surface area contributed by atoms with Gasteiger partial charge < -0.3 is 14.7 Å². The molecular formula is C18H25FN2O. The maximum atomic E-state index is 13.2. The number of fused-ring (bicyclic) bond motifs is 1. The molecule has 3 rings (SSSR count). The van der Waals surface area contributed by atoms with E-state index in [0.29, 0.717) is 5.92 Å². The third-order valence-corrected chi connectivity index (χ3v) is 4.71. The lowest BCUT2D eigenvalue weighted by molar-refractivity contribution is -0.106. The van der Waals surface area contributed by atoms with Crippen molar-refractivity contribution in [1.82, 2.24) is 9.88 Å². The standard InChI is InChI=1S/C16H21FN2.C2H4O/c1-16(2)9-11(6-7-19(16)3)14-10-18-15-8-12(17)4-5-13(14)15;1-2-3/h4-5,8,10-11,18H,6-7,9H2,1-3H3;2H,1H3. The van der Waals surface area contributed by atoms with Gasteiger partial charge in [-0.25, -0.2) is 4.39 Å². The van der Waals surface area contributed by atoms with Crippen LogP contribution in [0.15, 0.2) is 24.4 Å². The third-order valence-electron chi connectivity index (χ3n) is 4.71. The number of carbonyl (C=O) groups is 1. The van der Waals surface area contributed by atoms with Gasteiger partial charge in [-0.1, -0.05) is 0 Å². The zero-order valence-electron chi connectivity index (χ0n) is 13.8.